The number of benzene rings is 1. The summed E-state index contributed by atoms with van der Waals surface area (Å²) in [5.41, 5.74) is 2.24. The summed E-state index contributed by atoms with van der Waals surface area (Å²) in [7, 11) is 1.72. The number of amides is 1. The van der Waals surface area contributed by atoms with E-state index in [9.17, 15) is 13.6 Å². The molecule has 1 aromatic carbocycles. The van der Waals surface area contributed by atoms with Gasteiger partial charge in [0.15, 0.2) is 17.3 Å². The number of carbonyl (C=O) groups is 1. The normalized spacial score (nSPS) is 11.7. The second-order valence-corrected chi connectivity index (χ2v) is 7.18. The number of nitrogens with one attached hydrogen (secondary N) is 2. The molecule has 31 heavy (non-hydrogen) atoms. The van der Waals surface area contributed by atoms with Crippen LogP contribution in [-0.4, -0.2) is 58.4 Å². The summed E-state index contributed by atoms with van der Waals surface area (Å²) in [6.45, 7) is 7.10. The number of nitrogens with zero attached hydrogens (tertiary/aromatic N) is 4. The number of hydrogen-bond acceptors (Lipinski definition) is 5. The van der Waals surface area contributed by atoms with Crippen LogP contribution in [-0.2, 0) is 0 Å². The molecule has 4 aromatic rings. The lowest BCUT2D eigenvalue weighted by Crippen LogP contribution is -2.35. The minimum absolute atomic E-state index is 0.247. The largest absolute Gasteiger partial charge is 0.387 e. The average Bonchev–Trinajstić information content (AvgIpc) is 3.13. The first-order valence-corrected chi connectivity index (χ1v) is 10.3. The Morgan fingerprint density at radius 2 is 1.90 bits per heavy atom. The highest BCUT2D eigenvalue weighted by Gasteiger charge is 2.24. The molecule has 2 N–H and O–H groups in total. The molecule has 0 saturated heterocycles. The van der Waals surface area contributed by atoms with Crippen molar-refractivity contribution in [2.75, 3.05) is 38.5 Å². The summed E-state index contributed by atoms with van der Waals surface area (Å²) in [6.07, 6.45) is 1.61. The SMILES string of the molecule is CCN(CC)CCNC(=O)c1c(NC)c2cccnc2n2c1nc1cc(F)c(F)cc12. The van der Waals surface area contributed by atoms with Crippen LogP contribution < -0.4 is 10.6 Å². The number of fused-ring (bicyclic) bond motifs is 5. The van der Waals surface area contributed by atoms with Crippen LogP contribution in [0.2, 0.25) is 0 Å². The van der Waals surface area contributed by atoms with Gasteiger partial charge in [0, 0.05) is 43.9 Å². The van der Waals surface area contributed by atoms with Gasteiger partial charge in [0.05, 0.1) is 16.7 Å². The number of pyridine rings is 2. The van der Waals surface area contributed by atoms with Crippen molar-refractivity contribution in [3.05, 3.63) is 47.7 Å². The van der Waals surface area contributed by atoms with Crippen LogP contribution in [0.1, 0.15) is 24.2 Å². The minimum Gasteiger partial charge on any atom is -0.387 e. The zero-order valence-electron chi connectivity index (χ0n) is 17.7. The van der Waals surface area contributed by atoms with E-state index in [1.165, 1.54) is 0 Å². The minimum atomic E-state index is -0.993. The molecule has 162 valence electrons. The molecule has 0 saturated carbocycles. The Kier molecular flexibility index (Phi) is 5.69. The average molecular weight is 426 g/mol. The van der Waals surface area contributed by atoms with Gasteiger partial charge < -0.3 is 15.5 Å². The molecule has 0 radical (unpaired) electrons. The van der Waals surface area contributed by atoms with Crippen LogP contribution in [0.3, 0.4) is 0 Å². The summed E-state index contributed by atoms with van der Waals surface area (Å²) in [5, 5.41) is 6.72. The molecule has 1 amide bonds. The van der Waals surface area contributed by atoms with Gasteiger partial charge in [0.2, 0.25) is 0 Å². The Bertz CT molecular complexity index is 1280. The molecule has 0 aliphatic rings. The topological polar surface area (TPSA) is 74.6 Å². The van der Waals surface area contributed by atoms with Crippen LogP contribution in [0.4, 0.5) is 14.5 Å². The van der Waals surface area contributed by atoms with Crippen molar-refractivity contribution in [3.63, 3.8) is 0 Å². The van der Waals surface area contributed by atoms with Crippen molar-refractivity contribution >= 4 is 39.3 Å². The van der Waals surface area contributed by atoms with Gasteiger partial charge in [0.25, 0.3) is 5.91 Å². The van der Waals surface area contributed by atoms with Crippen molar-refractivity contribution in [1.29, 1.82) is 0 Å². The molecular formula is C22H24F2N6O. The molecule has 7 nitrogen and oxygen atoms in total. The van der Waals surface area contributed by atoms with Crippen molar-refractivity contribution in [3.8, 4) is 0 Å². The number of carbonyl (C=O) groups excluding carboxylic acids is 1. The lowest BCUT2D eigenvalue weighted by molar-refractivity contribution is 0.0951. The van der Waals surface area contributed by atoms with Crippen LogP contribution in [0.5, 0.6) is 0 Å². The van der Waals surface area contributed by atoms with Crippen molar-refractivity contribution in [2.45, 2.75) is 13.8 Å². The van der Waals surface area contributed by atoms with E-state index in [-0.39, 0.29) is 17.1 Å². The van der Waals surface area contributed by atoms with Crippen LogP contribution >= 0.6 is 0 Å². The molecule has 3 heterocycles. The van der Waals surface area contributed by atoms with Crippen molar-refractivity contribution < 1.29 is 13.6 Å². The zero-order chi connectivity index (χ0) is 22.1. The Balaban J connectivity index is 1.93. The molecule has 0 aliphatic carbocycles. The van der Waals surface area contributed by atoms with E-state index in [0.717, 1.165) is 25.2 Å². The van der Waals surface area contributed by atoms with E-state index in [1.54, 1.807) is 23.7 Å². The number of aromatic nitrogens is 3. The van der Waals surface area contributed by atoms with Gasteiger partial charge in [-0.1, -0.05) is 13.8 Å². The van der Waals surface area contributed by atoms with Gasteiger partial charge in [-0.05, 0) is 25.2 Å². The Morgan fingerprint density at radius 3 is 2.61 bits per heavy atom. The predicted molar refractivity (Wildman–Crippen MR) is 118 cm³/mol. The van der Waals surface area contributed by atoms with Gasteiger partial charge in [-0.2, -0.15) is 0 Å². The molecule has 0 unspecified atom stereocenters. The third-order valence-electron chi connectivity index (χ3n) is 5.52. The number of anilines is 1. The number of imidazole rings is 1. The highest BCUT2D eigenvalue weighted by molar-refractivity contribution is 6.13. The second-order valence-electron chi connectivity index (χ2n) is 7.18. The smallest absolute Gasteiger partial charge is 0.257 e. The van der Waals surface area contributed by atoms with E-state index in [2.05, 4.69) is 39.3 Å². The number of hydrogen-bond donors (Lipinski definition) is 2. The standard InChI is InChI=1S/C22H24F2N6O/c1-4-29(5-2)10-9-27-22(31)18-19(25-3)13-7-6-8-26-20(13)30-17-12-15(24)14(23)11-16(17)28-21(18)30/h6-8,11-12,25H,4-5,9-10H2,1-3H3,(H,27,31). The second kappa shape index (κ2) is 8.43. The lowest BCUT2D eigenvalue weighted by Gasteiger charge is -2.19. The highest BCUT2D eigenvalue weighted by atomic mass is 19.2. The van der Waals surface area contributed by atoms with Crippen molar-refractivity contribution in [1.82, 2.24) is 24.6 Å². The van der Waals surface area contributed by atoms with Crippen molar-refractivity contribution in [2.24, 2.45) is 0 Å². The monoisotopic (exact) mass is 426 g/mol. The maximum absolute atomic E-state index is 14.0. The van der Waals surface area contributed by atoms with Gasteiger partial charge in [-0.15, -0.1) is 0 Å². The molecule has 3 aromatic heterocycles. The van der Waals surface area contributed by atoms with Gasteiger partial charge in [-0.25, -0.2) is 18.7 Å². The van der Waals surface area contributed by atoms with E-state index in [1.807, 2.05) is 6.07 Å². The molecule has 0 bridgehead atoms. The molecule has 9 heteroatoms. The first-order valence-electron chi connectivity index (χ1n) is 10.3. The number of likely N-dealkylation sites (N-methyl/N-ethyl adjacent to an activating group) is 1. The van der Waals surface area contributed by atoms with Crippen LogP contribution in [0, 0.1) is 11.6 Å². The number of halogens is 2. The third kappa shape index (κ3) is 3.54. The van der Waals surface area contributed by atoms with Crippen LogP contribution in [0.15, 0.2) is 30.5 Å². The summed E-state index contributed by atoms with van der Waals surface area (Å²) in [5.74, 6) is -2.29. The van der Waals surface area contributed by atoms with Crippen LogP contribution in [0.25, 0.3) is 27.7 Å². The fourth-order valence-corrected chi connectivity index (χ4v) is 3.90. The molecule has 4 rings (SSSR count). The molecule has 0 aliphatic heterocycles. The Hall–Kier alpha value is -3.33. The first kappa shape index (κ1) is 20.9. The van der Waals surface area contributed by atoms with Gasteiger partial charge in [-0.3, -0.25) is 9.20 Å². The molecule has 0 atom stereocenters. The third-order valence-corrected chi connectivity index (χ3v) is 5.52. The quantitative estimate of drug-likeness (QED) is 0.474. The van der Waals surface area contributed by atoms with E-state index in [4.69, 9.17) is 0 Å². The maximum atomic E-state index is 14.0. The summed E-state index contributed by atoms with van der Waals surface area (Å²) in [6, 6.07) is 5.70. The molecular weight excluding hydrogens is 402 g/mol. The summed E-state index contributed by atoms with van der Waals surface area (Å²) < 4.78 is 29.5. The lowest BCUT2D eigenvalue weighted by atomic mass is 10.1. The molecule has 0 spiro atoms. The van der Waals surface area contributed by atoms with E-state index >= 15 is 0 Å². The predicted octanol–water partition coefficient (Wildman–Crippen LogP) is 3.43. The summed E-state index contributed by atoms with van der Waals surface area (Å²) >= 11 is 0. The Morgan fingerprint density at radius 1 is 1.16 bits per heavy atom. The fourth-order valence-electron chi connectivity index (χ4n) is 3.90. The van der Waals surface area contributed by atoms with E-state index in [0.29, 0.717) is 40.9 Å². The van der Waals surface area contributed by atoms with Gasteiger partial charge >= 0.3 is 0 Å². The van der Waals surface area contributed by atoms with Gasteiger partial charge in [0.1, 0.15) is 11.2 Å². The maximum Gasteiger partial charge on any atom is 0.257 e. The summed E-state index contributed by atoms with van der Waals surface area (Å²) in [4.78, 5) is 24.4. The van der Waals surface area contributed by atoms with E-state index < -0.39 is 11.6 Å². The fraction of sp³-hybridized carbons (Fsp3) is 0.318. The zero-order valence-corrected chi connectivity index (χ0v) is 17.7. The highest BCUT2D eigenvalue weighted by Crippen LogP contribution is 2.33. The Labute approximate surface area is 178 Å². The first-order chi connectivity index (χ1) is 15.0. The number of rotatable bonds is 7. The molecule has 0 fully saturated rings.